The first kappa shape index (κ1) is 17.9. The molecule has 0 spiro atoms. The summed E-state index contributed by atoms with van der Waals surface area (Å²) >= 11 is 0. The van der Waals surface area contributed by atoms with Crippen LogP contribution in [0.2, 0.25) is 0 Å². The zero-order valence-corrected chi connectivity index (χ0v) is 14.3. The summed E-state index contributed by atoms with van der Waals surface area (Å²) < 4.78 is 5.23. The standard InChI is InChI=1S/C17H24N4O3/c1-11(2)9-15-20-16(24-21-15)10-19-14-6-4-5-13(12(14)3)17(23)18-7-8-22/h4-6,11,19,22H,7-10H2,1-3H3,(H,18,23). The molecular formula is C17H24N4O3. The lowest BCUT2D eigenvalue weighted by Crippen LogP contribution is -2.27. The van der Waals surface area contributed by atoms with E-state index < -0.39 is 0 Å². The fourth-order valence-corrected chi connectivity index (χ4v) is 2.32. The van der Waals surface area contributed by atoms with Crippen molar-refractivity contribution in [3.63, 3.8) is 0 Å². The number of aliphatic hydroxyl groups is 1. The molecular weight excluding hydrogens is 308 g/mol. The Hall–Kier alpha value is -2.41. The number of carbonyl (C=O) groups is 1. The Morgan fingerprint density at radius 1 is 1.38 bits per heavy atom. The average molecular weight is 332 g/mol. The van der Waals surface area contributed by atoms with Gasteiger partial charge in [0.1, 0.15) is 0 Å². The van der Waals surface area contributed by atoms with E-state index in [2.05, 4.69) is 34.6 Å². The van der Waals surface area contributed by atoms with Crippen LogP contribution in [-0.2, 0) is 13.0 Å². The molecule has 2 aromatic rings. The smallest absolute Gasteiger partial charge is 0.251 e. The zero-order chi connectivity index (χ0) is 17.5. The molecule has 0 aliphatic rings. The van der Waals surface area contributed by atoms with Crippen molar-refractivity contribution in [3.8, 4) is 0 Å². The lowest BCUT2D eigenvalue weighted by molar-refractivity contribution is 0.0944. The number of rotatable bonds is 8. The molecule has 0 bridgehead atoms. The molecule has 1 heterocycles. The van der Waals surface area contributed by atoms with Gasteiger partial charge in [0.05, 0.1) is 13.2 Å². The van der Waals surface area contributed by atoms with Crippen LogP contribution < -0.4 is 10.6 Å². The maximum Gasteiger partial charge on any atom is 0.251 e. The summed E-state index contributed by atoms with van der Waals surface area (Å²) in [7, 11) is 0. The van der Waals surface area contributed by atoms with E-state index >= 15 is 0 Å². The highest BCUT2D eigenvalue weighted by Crippen LogP contribution is 2.19. The zero-order valence-electron chi connectivity index (χ0n) is 14.3. The molecule has 0 aliphatic heterocycles. The van der Waals surface area contributed by atoms with Crippen molar-refractivity contribution < 1.29 is 14.4 Å². The van der Waals surface area contributed by atoms with Crippen LogP contribution in [0.3, 0.4) is 0 Å². The number of aromatic nitrogens is 2. The van der Waals surface area contributed by atoms with Gasteiger partial charge in [0.25, 0.3) is 5.91 Å². The summed E-state index contributed by atoms with van der Waals surface area (Å²) in [6, 6.07) is 5.45. The van der Waals surface area contributed by atoms with Gasteiger partial charge < -0.3 is 20.3 Å². The highest BCUT2D eigenvalue weighted by molar-refractivity contribution is 5.97. The third-order valence-electron chi connectivity index (χ3n) is 3.51. The topological polar surface area (TPSA) is 100 Å². The van der Waals surface area contributed by atoms with E-state index in [0.29, 0.717) is 29.7 Å². The fraction of sp³-hybridized carbons (Fsp3) is 0.471. The maximum atomic E-state index is 12.1. The molecule has 1 amide bonds. The molecule has 0 saturated carbocycles. The second-order valence-corrected chi connectivity index (χ2v) is 6.01. The minimum absolute atomic E-state index is 0.0847. The molecule has 130 valence electrons. The molecule has 1 aromatic heterocycles. The van der Waals surface area contributed by atoms with Gasteiger partial charge in [0, 0.05) is 24.2 Å². The molecule has 0 aliphatic carbocycles. The van der Waals surface area contributed by atoms with Crippen LogP contribution in [0, 0.1) is 12.8 Å². The molecule has 0 unspecified atom stereocenters. The maximum absolute atomic E-state index is 12.1. The molecule has 3 N–H and O–H groups in total. The Morgan fingerprint density at radius 3 is 2.88 bits per heavy atom. The summed E-state index contributed by atoms with van der Waals surface area (Å²) in [5, 5.41) is 18.6. The lowest BCUT2D eigenvalue weighted by atomic mass is 10.1. The van der Waals surface area contributed by atoms with Gasteiger partial charge in [-0.15, -0.1) is 0 Å². The summed E-state index contributed by atoms with van der Waals surface area (Å²) in [5.41, 5.74) is 2.23. The predicted molar refractivity (Wildman–Crippen MR) is 90.8 cm³/mol. The van der Waals surface area contributed by atoms with E-state index in [1.165, 1.54) is 0 Å². The van der Waals surface area contributed by atoms with Crippen LogP contribution in [-0.4, -0.2) is 34.3 Å². The molecule has 0 saturated heterocycles. The first-order valence-corrected chi connectivity index (χ1v) is 8.05. The monoisotopic (exact) mass is 332 g/mol. The van der Waals surface area contributed by atoms with Crippen molar-refractivity contribution in [1.29, 1.82) is 0 Å². The van der Waals surface area contributed by atoms with Crippen molar-refractivity contribution in [3.05, 3.63) is 41.0 Å². The van der Waals surface area contributed by atoms with Gasteiger partial charge >= 0.3 is 0 Å². The van der Waals surface area contributed by atoms with Gasteiger partial charge in [-0.2, -0.15) is 4.98 Å². The number of aliphatic hydroxyl groups excluding tert-OH is 1. The normalized spacial score (nSPS) is 10.9. The molecule has 2 rings (SSSR count). The molecule has 0 atom stereocenters. The van der Waals surface area contributed by atoms with Crippen molar-refractivity contribution >= 4 is 11.6 Å². The van der Waals surface area contributed by atoms with Crippen molar-refractivity contribution in [1.82, 2.24) is 15.5 Å². The van der Waals surface area contributed by atoms with Gasteiger partial charge in [-0.05, 0) is 30.5 Å². The second kappa shape index (κ2) is 8.44. The van der Waals surface area contributed by atoms with E-state index in [4.69, 9.17) is 9.63 Å². The van der Waals surface area contributed by atoms with E-state index in [9.17, 15) is 4.79 Å². The minimum Gasteiger partial charge on any atom is -0.395 e. The summed E-state index contributed by atoms with van der Waals surface area (Å²) in [5.74, 6) is 1.48. The Kier molecular flexibility index (Phi) is 6.31. The van der Waals surface area contributed by atoms with Crippen LogP contribution in [0.25, 0.3) is 0 Å². The van der Waals surface area contributed by atoms with Crippen molar-refractivity contribution in [2.45, 2.75) is 33.7 Å². The van der Waals surface area contributed by atoms with Crippen LogP contribution >= 0.6 is 0 Å². The Morgan fingerprint density at radius 2 is 2.17 bits per heavy atom. The minimum atomic E-state index is -0.206. The number of anilines is 1. The van der Waals surface area contributed by atoms with Crippen molar-refractivity contribution in [2.24, 2.45) is 5.92 Å². The largest absolute Gasteiger partial charge is 0.395 e. The molecule has 24 heavy (non-hydrogen) atoms. The number of hydrogen-bond donors (Lipinski definition) is 3. The van der Waals surface area contributed by atoms with E-state index in [1.807, 2.05) is 13.0 Å². The molecule has 7 heteroatoms. The van der Waals surface area contributed by atoms with Crippen LogP contribution in [0.5, 0.6) is 0 Å². The highest BCUT2D eigenvalue weighted by atomic mass is 16.5. The van der Waals surface area contributed by atoms with Crippen LogP contribution in [0.1, 0.15) is 41.5 Å². The van der Waals surface area contributed by atoms with Crippen LogP contribution in [0.4, 0.5) is 5.69 Å². The fourth-order valence-electron chi connectivity index (χ4n) is 2.32. The molecule has 0 radical (unpaired) electrons. The van der Waals surface area contributed by atoms with Gasteiger partial charge in [0.15, 0.2) is 5.82 Å². The lowest BCUT2D eigenvalue weighted by Gasteiger charge is -2.12. The summed E-state index contributed by atoms with van der Waals surface area (Å²) in [6.45, 7) is 6.62. The van der Waals surface area contributed by atoms with Gasteiger partial charge in [-0.3, -0.25) is 4.79 Å². The number of benzene rings is 1. The molecule has 0 fully saturated rings. The number of nitrogens with one attached hydrogen (secondary N) is 2. The Bertz CT molecular complexity index is 682. The first-order valence-electron chi connectivity index (χ1n) is 8.05. The SMILES string of the molecule is Cc1c(NCc2nc(CC(C)C)no2)cccc1C(=O)NCCO. The second-order valence-electron chi connectivity index (χ2n) is 6.01. The first-order chi connectivity index (χ1) is 11.5. The Labute approximate surface area is 141 Å². The molecule has 1 aromatic carbocycles. The van der Waals surface area contributed by atoms with E-state index in [0.717, 1.165) is 17.7 Å². The number of carbonyl (C=O) groups excluding carboxylic acids is 1. The van der Waals surface area contributed by atoms with Gasteiger partial charge in [-0.1, -0.05) is 25.1 Å². The third kappa shape index (κ3) is 4.79. The number of amides is 1. The van der Waals surface area contributed by atoms with Gasteiger partial charge in [0.2, 0.25) is 5.89 Å². The summed E-state index contributed by atoms with van der Waals surface area (Å²) in [6.07, 6.45) is 0.781. The van der Waals surface area contributed by atoms with Gasteiger partial charge in [-0.25, -0.2) is 0 Å². The Balaban J connectivity index is 2.02. The predicted octanol–water partition coefficient (Wildman–Crippen LogP) is 1.91. The third-order valence-corrected chi connectivity index (χ3v) is 3.51. The number of hydrogen-bond acceptors (Lipinski definition) is 6. The quantitative estimate of drug-likeness (QED) is 0.683. The number of nitrogens with zero attached hydrogens (tertiary/aromatic N) is 2. The van der Waals surface area contributed by atoms with Crippen LogP contribution in [0.15, 0.2) is 22.7 Å². The van der Waals surface area contributed by atoms with E-state index in [-0.39, 0.29) is 19.1 Å². The van der Waals surface area contributed by atoms with Crippen molar-refractivity contribution in [2.75, 3.05) is 18.5 Å². The molecule has 7 nitrogen and oxygen atoms in total. The highest BCUT2D eigenvalue weighted by Gasteiger charge is 2.12. The average Bonchev–Trinajstić information content (AvgIpc) is 2.98. The van der Waals surface area contributed by atoms with E-state index in [1.54, 1.807) is 12.1 Å². The summed E-state index contributed by atoms with van der Waals surface area (Å²) in [4.78, 5) is 16.4.